The molecule has 1 aliphatic heterocycles. The highest BCUT2D eigenvalue weighted by atomic mass is 16.2. The van der Waals surface area contributed by atoms with Crippen LogP contribution in [-0.2, 0) is 9.59 Å². The van der Waals surface area contributed by atoms with Crippen LogP contribution in [0.1, 0.15) is 19.3 Å². The first-order valence-corrected chi connectivity index (χ1v) is 5.83. The van der Waals surface area contributed by atoms with Crippen LogP contribution in [0.25, 0.3) is 0 Å². The van der Waals surface area contributed by atoms with Gasteiger partial charge in [-0.1, -0.05) is 0 Å². The van der Waals surface area contributed by atoms with Crippen molar-refractivity contribution in [2.45, 2.75) is 19.3 Å². The van der Waals surface area contributed by atoms with Crippen molar-refractivity contribution in [1.29, 1.82) is 0 Å². The summed E-state index contributed by atoms with van der Waals surface area (Å²) < 4.78 is 0. The molecule has 1 saturated heterocycles. The Balaban J connectivity index is 2.31. The number of amides is 2. The summed E-state index contributed by atoms with van der Waals surface area (Å²) in [7, 11) is 3.50. The summed E-state index contributed by atoms with van der Waals surface area (Å²) in [6.45, 7) is 2.13. The summed E-state index contributed by atoms with van der Waals surface area (Å²) in [6.07, 6.45) is 2.11. The second-order valence-corrected chi connectivity index (χ2v) is 4.12. The molecule has 16 heavy (non-hydrogen) atoms. The van der Waals surface area contributed by atoms with Gasteiger partial charge in [0.25, 0.3) is 0 Å². The molecule has 92 valence electrons. The van der Waals surface area contributed by atoms with E-state index < -0.39 is 0 Å². The summed E-state index contributed by atoms with van der Waals surface area (Å²) in [6, 6.07) is 0. The molecule has 2 amide bonds. The van der Waals surface area contributed by atoms with Crippen molar-refractivity contribution in [3.05, 3.63) is 0 Å². The van der Waals surface area contributed by atoms with E-state index in [2.05, 4.69) is 10.6 Å². The minimum atomic E-state index is 0.0818. The van der Waals surface area contributed by atoms with E-state index in [1.54, 1.807) is 7.05 Å². The maximum absolute atomic E-state index is 11.7. The predicted octanol–water partition coefficient (Wildman–Crippen LogP) is -0.419. The zero-order valence-corrected chi connectivity index (χ0v) is 10.1. The second kappa shape index (κ2) is 6.48. The maximum atomic E-state index is 11.7. The first kappa shape index (κ1) is 13.0. The molecule has 5 heteroatoms. The Bertz CT molecular complexity index is 248. The molecule has 1 rings (SSSR count). The number of hydrogen-bond acceptors (Lipinski definition) is 3. The SMILES string of the molecule is CNCCC(=O)N1CCC(C(=O)NC)CC1. The number of carbonyl (C=O) groups excluding carboxylic acids is 2. The van der Waals surface area contributed by atoms with E-state index in [-0.39, 0.29) is 17.7 Å². The van der Waals surface area contributed by atoms with Gasteiger partial charge in [0, 0.05) is 39.0 Å². The van der Waals surface area contributed by atoms with E-state index in [0.717, 1.165) is 12.8 Å². The lowest BCUT2D eigenvalue weighted by molar-refractivity contribution is -0.135. The molecular weight excluding hydrogens is 206 g/mol. The molecule has 0 saturated carbocycles. The summed E-state index contributed by atoms with van der Waals surface area (Å²) in [5.41, 5.74) is 0. The summed E-state index contributed by atoms with van der Waals surface area (Å²) >= 11 is 0. The average Bonchev–Trinajstić information content (AvgIpc) is 2.35. The van der Waals surface area contributed by atoms with Gasteiger partial charge in [0.15, 0.2) is 0 Å². The Morgan fingerprint density at radius 1 is 1.25 bits per heavy atom. The first-order chi connectivity index (χ1) is 7.69. The van der Waals surface area contributed by atoms with Gasteiger partial charge in [0.1, 0.15) is 0 Å². The molecule has 2 N–H and O–H groups in total. The molecule has 0 spiro atoms. The minimum Gasteiger partial charge on any atom is -0.359 e. The number of piperidine rings is 1. The standard InChI is InChI=1S/C11H21N3O2/c1-12-6-3-10(15)14-7-4-9(5-8-14)11(16)13-2/h9,12H,3-8H2,1-2H3,(H,13,16). The fraction of sp³-hybridized carbons (Fsp3) is 0.818. The molecule has 0 atom stereocenters. The van der Waals surface area contributed by atoms with Crippen LogP contribution in [0.2, 0.25) is 0 Å². The van der Waals surface area contributed by atoms with Gasteiger partial charge in [-0.15, -0.1) is 0 Å². The normalized spacial score (nSPS) is 17.2. The van der Waals surface area contributed by atoms with Crippen LogP contribution in [0.4, 0.5) is 0 Å². The van der Waals surface area contributed by atoms with Gasteiger partial charge < -0.3 is 15.5 Å². The lowest BCUT2D eigenvalue weighted by Gasteiger charge is -2.31. The fourth-order valence-corrected chi connectivity index (χ4v) is 1.99. The molecule has 1 fully saturated rings. The van der Waals surface area contributed by atoms with Crippen molar-refractivity contribution in [1.82, 2.24) is 15.5 Å². The number of nitrogens with one attached hydrogen (secondary N) is 2. The molecule has 0 bridgehead atoms. The van der Waals surface area contributed by atoms with Gasteiger partial charge >= 0.3 is 0 Å². The molecular formula is C11H21N3O2. The topological polar surface area (TPSA) is 61.4 Å². The third-order valence-electron chi connectivity index (χ3n) is 3.05. The second-order valence-electron chi connectivity index (χ2n) is 4.12. The van der Waals surface area contributed by atoms with Gasteiger partial charge in [0.2, 0.25) is 11.8 Å². The predicted molar refractivity (Wildman–Crippen MR) is 61.9 cm³/mol. The largest absolute Gasteiger partial charge is 0.359 e. The molecule has 0 aromatic carbocycles. The molecule has 0 aromatic heterocycles. The van der Waals surface area contributed by atoms with Crippen LogP contribution in [0.15, 0.2) is 0 Å². The lowest BCUT2D eigenvalue weighted by Crippen LogP contribution is -2.42. The number of rotatable bonds is 4. The molecule has 0 aromatic rings. The minimum absolute atomic E-state index is 0.0818. The molecule has 0 aliphatic carbocycles. The third kappa shape index (κ3) is 3.48. The van der Waals surface area contributed by atoms with Crippen LogP contribution in [-0.4, -0.2) is 50.4 Å². The van der Waals surface area contributed by atoms with Crippen molar-refractivity contribution in [3.8, 4) is 0 Å². The number of nitrogens with zero attached hydrogens (tertiary/aromatic N) is 1. The van der Waals surface area contributed by atoms with E-state index in [4.69, 9.17) is 0 Å². The molecule has 1 heterocycles. The van der Waals surface area contributed by atoms with Gasteiger partial charge in [-0.05, 0) is 19.9 Å². The highest BCUT2D eigenvalue weighted by Gasteiger charge is 2.26. The van der Waals surface area contributed by atoms with Crippen LogP contribution in [0.3, 0.4) is 0 Å². The monoisotopic (exact) mass is 227 g/mol. The van der Waals surface area contributed by atoms with Crippen molar-refractivity contribution >= 4 is 11.8 Å². The zero-order chi connectivity index (χ0) is 12.0. The summed E-state index contributed by atoms with van der Waals surface area (Å²) in [4.78, 5) is 24.9. The van der Waals surface area contributed by atoms with Crippen molar-refractivity contribution in [2.24, 2.45) is 5.92 Å². The van der Waals surface area contributed by atoms with Gasteiger partial charge in [-0.2, -0.15) is 0 Å². The fourth-order valence-electron chi connectivity index (χ4n) is 1.99. The van der Waals surface area contributed by atoms with Crippen LogP contribution >= 0.6 is 0 Å². The number of hydrogen-bond donors (Lipinski definition) is 2. The van der Waals surface area contributed by atoms with E-state index in [9.17, 15) is 9.59 Å². The Morgan fingerprint density at radius 2 is 1.88 bits per heavy atom. The van der Waals surface area contributed by atoms with Crippen LogP contribution in [0, 0.1) is 5.92 Å². The summed E-state index contributed by atoms with van der Waals surface area (Å²) in [5, 5.41) is 5.62. The molecule has 0 unspecified atom stereocenters. The van der Waals surface area contributed by atoms with Crippen molar-refractivity contribution < 1.29 is 9.59 Å². The first-order valence-electron chi connectivity index (χ1n) is 5.83. The Labute approximate surface area is 96.6 Å². The van der Waals surface area contributed by atoms with E-state index >= 15 is 0 Å². The van der Waals surface area contributed by atoms with E-state index in [1.807, 2.05) is 11.9 Å². The Morgan fingerprint density at radius 3 is 2.38 bits per heavy atom. The van der Waals surface area contributed by atoms with Gasteiger partial charge in [-0.25, -0.2) is 0 Å². The highest BCUT2D eigenvalue weighted by molar-refractivity contribution is 5.79. The number of carbonyl (C=O) groups is 2. The quantitative estimate of drug-likeness (QED) is 0.686. The molecule has 0 radical (unpaired) electrons. The Kier molecular flexibility index (Phi) is 5.25. The Hall–Kier alpha value is -1.10. The highest BCUT2D eigenvalue weighted by Crippen LogP contribution is 2.17. The molecule has 5 nitrogen and oxygen atoms in total. The third-order valence-corrected chi connectivity index (χ3v) is 3.05. The van der Waals surface area contributed by atoms with Crippen molar-refractivity contribution in [2.75, 3.05) is 33.7 Å². The zero-order valence-electron chi connectivity index (χ0n) is 10.1. The van der Waals surface area contributed by atoms with Gasteiger partial charge in [0.05, 0.1) is 0 Å². The van der Waals surface area contributed by atoms with Crippen molar-refractivity contribution in [3.63, 3.8) is 0 Å². The van der Waals surface area contributed by atoms with Crippen LogP contribution < -0.4 is 10.6 Å². The average molecular weight is 227 g/mol. The van der Waals surface area contributed by atoms with E-state index in [0.29, 0.717) is 26.1 Å². The van der Waals surface area contributed by atoms with Gasteiger partial charge in [-0.3, -0.25) is 9.59 Å². The van der Waals surface area contributed by atoms with Crippen LogP contribution in [0.5, 0.6) is 0 Å². The molecule has 1 aliphatic rings. The number of likely N-dealkylation sites (tertiary alicyclic amines) is 1. The summed E-state index contributed by atoms with van der Waals surface area (Å²) in [5.74, 6) is 0.366. The lowest BCUT2D eigenvalue weighted by atomic mass is 9.96. The van der Waals surface area contributed by atoms with E-state index in [1.165, 1.54) is 0 Å². The maximum Gasteiger partial charge on any atom is 0.223 e. The smallest absolute Gasteiger partial charge is 0.223 e.